The smallest absolute Gasteiger partial charge is 0.325 e. The first-order chi connectivity index (χ1) is 11.4. The number of amides is 1. The van der Waals surface area contributed by atoms with Gasteiger partial charge in [-0.3, -0.25) is 4.79 Å². The third kappa shape index (κ3) is 4.08. The van der Waals surface area contributed by atoms with E-state index in [1.54, 1.807) is 0 Å². The van der Waals surface area contributed by atoms with Crippen molar-refractivity contribution in [3.05, 3.63) is 53.2 Å². The van der Waals surface area contributed by atoms with Crippen molar-refractivity contribution in [1.29, 1.82) is 0 Å². The molecule has 0 saturated heterocycles. The number of carbonyl (C=O) groups is 1. The van der Waals surface area contributed by atoms with Gasteiger partial charge in [0.2, 0.25) is 5.91 Å². The molecular formula is C17H15F3N2OS. The lowest BCUT2D eigenvalue weighted by molar-refractivity contribution is -0.137. The highest BCUT2D eigenvalue weighted by atomic mass is 32.2. The van der Waals surface area contributed by atoms with Crippen LogP contribution in [0.3, 0.4) is 0 Å². The number of pyridine rings is 1. The summed E-state index contributed by atoms with van der Waals surface area (Å²) in [4.78, 5) is 15.7. The molecule has 1 amide bonds. The second-order valence-electron chi connectivity index (χ2n) is 5.56. The standard InChI is InChI=1S/C17H15F3N2OS/c18-17(19,20)13-5-7-16(21-9-13)24-10-15(23)22-14-6-4-11-2-1-3-12(11)8-14/h4-9H,1-3,10H2,(H,22,23). The van der Waals surface area contributed by atoms with Crippen LogP contribution in [-0.2, 0) is 23.8 Å². The fourth-order valence-electron chi connectivity index (χ4n) is 2.62. The summed E-state index contributed by atoms with van der Waals surface area (Å²) in [5, 5.41) is 3.19. The van der Waals surface area contributed by atoms with Gasteiger partial charge in [0.1, 0.15) is 0 Å². The fourth-order valence-corrected chi connectivity index (χ4v) is 3.26. The van der Waals surface area contributed by atoms with Crippen LogP contribution in [0.25, 0.3) is 0 Å². The zero-order valence-electron chi connectivity index (χ0n) is 12.7. The highest BCUT2D eigenvalue weighted by Crippen LogP contribution is 2.29. The van der Waals surface area contributed by atoms with Gasteiger partial charge in [-0.05, 0) is 54.7 Å². The van der Waals surface area contributed by atoms with E-state index in [4.69, 9.17) is 0 Å². The summed E-state index contributed by atoms with van der Waals surface area (Å²) in [6.45, 7) is 0. The maximum absolute atomic E-state index is 12.5. The summed E-state index contributed by atoms with van der Waals surface area (Å²) in [6, 6.07) is 8.14. The number of halogens is 3. The molecule has 7 heteroatoms. The summed E-state index contributed by atoms with van der Waals surface area (Å²) >= 11 is 1.10. The van der Waals surface area contributed by atoms with Crippen LogP contribution in [0, 0.1) is 0 Å². The molecule has 3 rings (SSSR count). The Morgan fingerprint density at radius 3 is 2.67 bits per heavy atom. The number of nitrogens with zero attached hydrogens (tertiary/aromatic N) is 1. The number of aromatic nitrogens is 1. The van der Waals surface area contributed by atoms with E-state index >= 15 is 0 Å². The van der Waals surface area contributed by atoms with E-state index in [0.717, 1.165) is 49.0 Å². The summed E-state index contributed by atoms with van der Waals surface area (Å²) in [5.74, 6) is -0.116. The van der Waals surface area contributed by atoms with E-state index in [0.29, 0.717) is 5.03 Å². The molecular weight excluding hydrogens is 337 g/mol. The van der Waals surface area contributed by atoms with Crippen molar-refractivity contribution < 1.29 is 18.0 Å². The highest BCUT2D eigenvalue weighted by molar-refractivity contribution is 7.99. The second kappa shape index (κ2) is 6.84. The lowest BCUT2D eigenvalue weighted by Crippen LogP contribution is -2.14. The molecule has 1 aliphatic rings. The number of carbonyl (C=O) groups excluding carboxylic acids is 1. The first-order valence-electron chi connectivity index (χ1n) is 7.49. The number of aryl methyl sites for hydroxylation is 2. The minimum Gasteiger partial charge on any atom is -0.325 e. The van der Waals surface area contributed by atoms with Crippen molar-refractivity contribution in [2.75, 3.05) is 11.1 Å². The van der Waals surface area contributed by atoms with Crippen molar-refractivity contribution in [3.8, 4) is 0 Å². The van der Waals surface area contributed by atoms with Gasteiger partial charge in [0.25, 0.3) is 0 Å². The first kappa shape index (κ1) is 16.8. The van der Waals surface area contributed by atoms with Crippen LogP contribution < -0.4 is 5.32 Å². The Kier molecular flexibility index (Phi) is 4.80. The van der Waals surface area contributed by atoms with Gasteiger partial charge < -0.3 is 5.32 Å². The molecule has 3 nitrogen and oxygen atoms in total. The quantitative estimate of drug-likeness (QED) is 0.834. The molecule has 1 aliphatic carbocycles. The van der Waals surface area contributed by atoms with Crippen molar-refractivity contribution >= 4 is 23.4 Å². The van der Waals surface area contributed by atoms with Crippen molar-refractivity contribution in [3.63, 3.8) is 0 Å². The van der Waals surface area contributed by atoms with Crippen LogP contribution in [0.15, 0.2) is 41.6 Å². The predicted octanol–water partition coefficient (Wildman–Crippen LogP) is 4.32. The fraction of sp³-hybridized carbons (Fsp3) is 0.294. The zero-order valence-corrected chi connectivity index (χ0v) is 13.5. The number of hydrogen-bond donors (Lipinski definition) is 1. The lowest BCUT2D eigenvalue weighted by Gasteiger charge is -2.08. The van der Waals surface area contributed by atoms with Crippen LogP contribution in [0.1, 0.15) is 23.1 Å². The van der Waals surface area contributed by atoms with Gasteiger partial charge in [0.05, 0.1) is 16.3 Å². The van der Waals surface area contributed by atoms with Crippen molar-refractivity contribution in [1.82, 2.24) is 4.98 Å². The van der Waals surface area contributed by atoms with Crippen LogP contribution in [0.4, 0.5) is 18.9 Å². The van der Waals surface area contributed by atoms with Gasteiger partial charge in [-0.1, -0.05) is 17.8 Å². The molecule has 1 aromatic heterocycles. The average Bonchev–Trinajstić information content (AvgIpc) is 3.00. The Morgan fingerprint density at radius 2 is 1.96 bits per heavy atom. The zero-order chi connectivity index (χ0) is 17.2. The second-order valence-corrected chi connectivity index (χ2v) is 6.55. The molecule has 0 aliphatic heterocycles. The number of rotatable bonds is 4. The van der Waals surface area contributed by atoms with Crippen molar-refractivity contribution in [2.45, 2.75) is 30.5 Å². The predicted molar refractivity (Wildman–Crippen MR) is 87.1 cm³/mol. The van der Waals surface area contributed by atoms with Crippen LogP contribution >= 0.6 is 11.8 Å². The number of thioether (sulfide) groups is 1. The van der Waals surface area contributed by atoms with E-state index in [-0.39, 0.29) is 11.7 Å². The van der Waals surface area contributed by atoms with Gasteiger partial charge in [-0.2, -0.15) is 13.2 Å². The van der Waals surface area contributed by atoms with Gasteiger partial charge in [0, 0.05) is 11.9 Å². The van der Waals surface area contributed by atoms with Crippen LogP contribution in [-0.4, -0.2) is 16.6 Å². The summed E-state index contributed by atoms with van der Waals surface area (Å²) in [7, 11) is 0. The van der Waals surface area contributed by atoms with Gasteiger partial charge in [-0.15, -0.1) is 0 Å². The minimum atomic E-state index is -4.40. The van der Waals surface area contributed by atoms with E-state index in [9.17, 15) is 18.0 Å². The van der Waals surface area contributed by atoms with E-state index < -0.39 is 11.7 Å². The normalized spacial score (nSPS) is 13.6. The Balaban J connectivity index is 1.54. The molecule has 0 atom stereocenters. The third-order valence-corrected chi connectivity index (χ3v) is 4.74. The largest absolute Gasteiger partial charge is 0.417 e. The average molecular weight is 352 g/mol. The molecule has 1 aromatic carbocycles. The monoisotopic (exact) mass is 352 g/mol. The number of benzene rings is 1. The van der Waals surface area contributed by atoms with Gasteiger partial charge in [0.15, 0.2) is 0 Å². The number of anilines is 1. The summed E-state index contributed by atoms with van der Waals surface area (Å²) in [6.07, 6.45) is -0.369. The van der Waals surface area contributed by atoms with E-state index in [1.807, 2.05) is 18.2 Å². The molecule has 0 radical (unpaired) electrons. The molecule has 1 N–H and O–H groups in total. The number of alkyl halides is 3. The Morgan fingerprint density at radius 1 is 1.17 bits per heavy atom. The van der Waals surface area contributed by atoms with Crippen LogP contribution in [0.2, 0.25) is 0 Å². The maximum Gasteiger partial charge on any atom is 0.417 e. The molecule has 0 bridgehead atoms. The summed E-state index contributed by atoms with van der Waals surface area (Å²) in [5.41, 5.74) is 2.55. The Bertz CT molecular complexity index is 744. The van der Waals surface area contributed by atoms with Gasteiger partial charge >= 0.3 is 6.18 Å². The van der Waals surface area contributed by atoms with Gasteiger partial charge in [-0.25, -0.2) is 4.98 Å². The third-order valence-electron chi connectivity index (χ3n) is 3.80. The first-order valence-corrected chi connectivity index (χ1v) is 8.48. The lowest BCUT2D eigenvalue weighted by atomic mass is 10.1. The van der Waals surface area contributed by atoms with Crippen molar-refractivity contribution in [2.24, 2.45) is 0 Å². The number of hydrogen-bond acceptors (Lipinski definition) is 3. The Hall–Kier alpha value is -2.02. The molecule has 0 fully saturated rings. The molecule has 0 saturated carbocycles. The van der Waals surface area contributed by atoms with E-state index in [1.165, 1.54) is 17.2 Å². The minimum absolute atomic E-state index is 0.0927. The topological polar surface area (TPSA) is 42.0 Å². The molecule has 126 valence electrons. The number of nitrogens with one attached hydrogen (secondary N) is 1. The van der Waals surface area contributed by atoms with E-state index in [2.05, 4.69) is 10.3 Å². The molecule has 0 unspecified atom stereocenters. The summed E-state index contributed by atoms with van der Waals surface area (Å²) < 4.78 is 37.4. The molecule has 2 aromatic rings. The highest BCUT2D eigenvalue weighted by Gasteiger charge is 2.30. The number of fused-ring (bicyclic) bond motifs is 1. The molecule has 1 heterocycles. The van der Waals surface area contributed by atoms with Crippen LogP contribution in [0.5, 0.6) is 0 Å². The maximum atomic E-state index is 12.5. The molecule has 24 heavy (non-hydrogen) atoms. The molecule has 0 spiro atoms. The SMILES string of the molecule is O=C(CSc1ccc(C(F)(F)F)cn1)Nc1ccc2c(c1)CCC2. The Labute approximate surface area is 141 Å².